The molecule has 0 bridgehead atoms. The Kier molecular flexibility index (Phi) is 7.02. The monoisotopic (exact) mass is 406 g/mol. The maximum absolute atomic E-state index is 13.3. The molecule has 1 N–H and O–H groups in total. The summed E-state index contributed by atoms with van der Waals surface area (Å²) in [5.41, 5.74) is 0. The second-order valence-electron chi connectivity index (χ2n) is 6.63. The number of hydrogen-bond acceptors (Lipinski definition) is 6. The molecular formula is C19H27FN6OS. The molecule has 3 rings (SSSR count). The van der Waals surface area contributed by atoms with Gasteiger partial charge in [0.1, 0.15) is 23.5 Å². The van der Waals surface area contributed by atoms with Crippen molar-refractivity contribution in [1.29, 1.82) is 0 Å². The molecule has 1 aliphatic rings. The van der Waals surface area contributed by atoms with Crippen molar-refractivity contribution in [3.63, 3.8) is 0 Å². The molecule has 9 heteroatoms. The lowest BCUT2D eigenvalue weighted by Gasteiger charge is -2.36. The Morgan fingerprint density at radius 1 is 1.36 bits per heavy atom. The van der Waals surface area contributed by atoms with Crippen LogP contribution in [-0.4, -0.2) is 66.1 Å². The van der Waals surface area contributed by atoms with E-state index in [1.54, 1.807) is 19.2 Å². The number of halogens is 1. The van der Waals surface area contributed by atoms with Crippen molar-refractivity contribution in [2.75, 3.05) is 44.7 Å². The Morgan fingerprint density at radius 3 is 2.79 bits per heavy atom. The highest BCUT2D eigenvalue weighted by molar-refractivity contribution is 7.09. The molecule has 1 aromatic heterocycles. The van der Waals surface area contributed by atoms with Crippen LogP contribution in [0.15, 0.2) is 29.3 Å². The first-order valence-corrected chi connectivity index (χ1v) is 10.3. The van der Waals surface area contributed by atoms with Crippen LogP contribution in [0.3, 0.4) is 0 Å². The molecular weight excluding hydrogens is 379 g/mol. The van der Waals surface area contributed by atoms with Gasteiger partial charge in [-0.15, -0.1) is 0 Å². The van der Waals surface area contributed by atoms with Crippen LogP contribution < -0.4 is 15.0 Å². The Morgan fingerprint density at radius 2 is 2.14 bits per heavy atom. The fourth-order valence-corrected chi connectivity index (χ4v) is 3.81. The zero-order valence-corrected chi connectivity index (χ0v) is 17.4. The number of aromatic nitrogens is 2. The fraction of sp³-hybridized carbons (Fsp3) is 0.526. The third kappa shape index (κ3) is 5.31. The third-order valence-electron chi connectivity index (χ3n) is 4.52. The lowest BCUT2D eigenvalue weighted by molar-refractivity contribution is 0.220. The number of aryl methyl sites for hydroxylation is 1. The Bertz CT molecular complexity index is 790. The number of ether oxygens (including phenoxy) is 1. The summed E-state index contributed by atoms with van der Waals surface area (Å²) >= 11 is 1.47. The van der Waals surface area contributed by atoms with Crippen molar-refractivity contribution in [2.45, 2.75) is 26.4 Å². The number of rotatable bonds is 6. The summed E-state index contributed by atoms with van der Waals surface area (Å²) < 4.78 is 23.4. The summed E-state index contributed by atoms with van der Waals surface area (Å²) in [7, 11) is 1.78. The average Bonchev–Trinajstić information content (AvgIpc) is 3.18. The van der Waals surface area contributed by atoms with Crippen LogP contribution in [0.1, 0.15) is 19.7 Å². The van der Waals surface area contributed by atoms with Crippen LogP contribution in [0.2, 0.25) is 0 Å². The van der Waals surface area contributed by atoms with Gasteiger partial charge in [0, 0.05) is 57.2 Å². The van der Waals surface area contributed by atoms with Crippen molar-refractivity contribution in [1.82, 2.24) is 19.6 Å². The molecule has 1 aromatic carbocycles. The number of anilines is 1. The predicted octanol–water partition coefficient (Wildman–Crippen LogP) is 2.40. The zero-order valence-electron chi connectivity index (χ0n) is 16.6. The van der Waals surface area contributed by atoms with Crippen LogP contribution >= 0.6 is 11.5 Å². The van der Waals surface area contributed by atoms with Gasteiger partial charge < -0.3 is 19.9 Å². The van der Waals surface area contributed by atoms with Crippen LogP contribution in [0.5, 0.6) is 5.75 Å². The predicted molar refractivity (Wildman–Crippen MR) is 111 cm³/mol. The maximum atomic E-state index is 13.3. The lowest BCUT2D eigenvalue weighted by atomic mass is 10.3. The Balaban J connectivity index is 1.46. The second-order valence-corrected chi connectivity index (χ2v) is 7.37. The van der Waals surface area contributed by atoms with Gasteiger partial charge in [0.05, 0.1) is 6.54 Å². The minimum Gasteiger partial charge on any atom is -0.489 e. The lowest BCUT2D eigenvalue weighted by Crippen LogP contribution is -2.53. The van der Waals surface area contributed by atoms with Gasteiger partial charge in [0.15, 0.2) is 5.96 Å². The molecule has 1 unspecified atom stereocenters. The minimum atomic E-state index is -0.298. The number of benzene rings is 1. The van der Waals surface area contributed by atoms with Crippen LogP contribution in [0.4, 0.5) is 9.52 Å². The first-order chi connectivity index (χ1) is 13.6. The second kappa shape index (κ2) is 9.68. The van der Waals surface area contributed by atoms with Crippen molar-refractivity contribution < 1.29 is 9.13 Å². The molecule has 0 spiro atoms. The first kappa shape index (κ1) is 20.3. The summed E-state index contributed by atoms with van der Waals surface area (Å²) in [5.74, 6) is 1.99. The highest BCUT2D eigenvalue weighted by atomic mass is 32.1. The maximum Gasteiger partial charge on any atom is 0.205 e. The molecule has 28 heavy (non-hydrogen) atoms. The number of hydrogen-bond donors (Lipinski definition) is 1. The molecule has 2 aromatic rings. The van der Waals surface area contributed by atoms with Gasteiger partial charge in [-0.3, -0.25) is 4.99 Å². The molecule has 152 valence electrons. The van der Waals surface area contributed by atoms with Crippen LogP contribution in [-0.2, 0) is 6.42 Å². The number of piperazine rings is 1. The molecule has 0 saturated carbocycles. The Hall–Kier alpha value is -2.42. The van der Waals surface area contributed by atoms with E-state index in [0.29, 0.717) is 12.3 Å². The molecule has 0 aliphatic carbocycles. The van der Waals surface area contributed by atoms with Crippen molar-refractivity contribution in [2.24, 2.45) is 4.99 Å². The first-order valence-electron chi connectivity index (χ1n) is 9.54. The molecule has 1 saturated heterocycles. The van der Waals surface area contributed by atoms with Crippen LogP contribution in [0, 0.1) is 5.82 Å². The van der Waals surface area contributed by atoms with Gasteiger partial charge in [-0.2, -0.15) is 4.37 Å². The van der Waals surface area contributed by atoms with Gasteiger partial charge in [-0.05, 0) is 19.1 Å². The summed E-state index contributed by atoms with van der Waals surface area (Å²) in [6, 6.07) is 6.19. The van der Waals surface area contributed by atoms with E-state index in [2.05, 4.69) is 36.4 Å². The van der Waals surface area contributed by atoms with Gasteiger partial charge >= 0.3 is 0 Å². The molecule has 0 radical (unpaired) electrons. The average molecular weight is 407 g/mol. The van der Waals surface area contributed by atoms with Crippen molar-refractivity contribution >= 4 is 22.6 Å². The smallest absolute Gasteiger partial charge is 0.205 e. The van der Waals surface area contributed by atoms with Gasteiger partial charge in [-0.25, -0.2) is 9.37 Å². The number of guanidine groups is 1. The normalized spacial score (nSPS) is 16.2. The van der Waals surface area contributed by atoms with Gasteiger partial charge in [-0.1, -0.05) is 13.0 Å². The molecule has 2 heterocycles. The standard InChI is InChI=1S/C19H27FN6OS/c1-4-17-23-19(28-24-17)26-10-8-25(9-11-26)18(21-3)22-13-14(2)27-16-7-5-6-15(20)12-16/h5-7,12,14H,4,8-11,13H2,1-3H3,(H,21,22). The summed E-state index contributed by atoms with van der Waals surface area (Å²) in [6.45, 7) is 8.09. The van der Waals surface area contributed by atoms with Gasteiger partial charge in [0.2, 0.25) is 5.13 Å². The Labute approximate surface area is 169 Å². The summed E-state index contributed by atoms with van der Waals surface area (Å²) in [5, 5.41) is 4.35. The topological polar surface area (TPSA) is 65.9 Å². The minimum absolute atomic E-state index is 0.117. The highest BCUT2D eigenvalue weighted by Gasteiger charge is 2.22. The van der Waals surface area contributed by atoms with E-state index >= 15 is 0 Å². The van der Waals surface area contributed by atoms with E-state index < -0.39 is 0 Å². The van der Waals surface area contributed by atoms with Crippen molar-refractivity contribution in [3.8, 4) is 5.75 Å². The number of nitrogens with one attached hydrogen (secondary N) is 1. The van der Waals surface area contributed by atoms with Gasteiger partial charge in [0.25, 0.3) is 0 Å². The van der Waals surface area contributed by atoms with E-state index in [0.717, 1.165) is 49.5 Å². The SMILES string of the molecule is CCc1nsc(N2CCN(C(=NC)NCC(C)Oc3cccc(F)c3)CC2)n1. The largest absolute Gasteiger partial charge is 0.489 e. The quantitative estimate of drug-likeness (QED) is 0.587. The third-order valence-corrected chi connectivity index (χ3v) is 5.33. The molecule has 1 aliphatic heterocycles. The number of nitrogens with zero attached hydrogens (tertiary/aromatic N) is 5. The van der Waals surface area contributed by atoms with Crippen molar-refractivity contribution in [3.05, 3.63) is 35.9 Å². The fourth-order valence-electron chi connectivity index (χ4n) is 3.01. The molecule has 1 atom stereocenters. The molecule has 1 fully saturated rings. The summed E-state index contributed by atoms with van der Waals surface area (Å²) in [4.78, 5) is 13.5. The zero-order chi connectivity index (χ0) is 19.9. The number of aliphatic imine (C=N–C) groups is 1. The van der Waals surface area contributed by atoms with E-state index in [9.17, 15) is 4.39 Å². The summed E-state index contributed by atoms with van der Waals surface area (Å²) in [6.07, 6.45) is 0.747. The molecule has 0 amide bonds. The highest BCUT2D eigenvalue weighted by Crippen LogP contribution is 2.19. The van der Waals surface area contributed by atoms with E-state index in [4.69, 9.17) is 4.74 Å². The van der Waals surface area contributed by atoms with E-state index in [1.807, 2.05) is 6.92 Å². The van der Waals surface area contributed by atoms with E-state index in [1.165, 1.54) is 23.7 Å². The van der Waals surface area contributed by atoms with Crippen LogP contribution in [0.25, 0.3) is 0 Å². The molecule has 7 nitrogen and oxygen atoms in total. The van der Waals surface area contributed by atoms with E-state index in [-0.39, 0.29) is 11.9 Å².